The first-order valence-corrected chi connectivity index (χ1v) is 16.8. The molecule has 1 atom stereocenters. The number of hydrogen-bond acceptors (Lipinski definition) is 4. The number of anilines is 1. The Hall–Kier alpha value is -3.85. The molecule has 7 nitrogen and oxygen atoms in total. The topological polar surface area (TPSA) is 86.8 Å². The number of benzene rings is 4. The zero-order chi connectivity index (χ0) is 32.6. The van der Waals surface area contributed by atoms with E-state index < -0.39 is 28.5 Å². The normalized spacial score (nSPS) is 12.0. The lowest BCUT2D eigenvalue weighted by molar-refractivity contribution is -0.140. The van der Waals surface area contributed by atoms with Crippen molar-refractivity contribution in [3.05, 3.63) is 130 Å². The summed E-state index contributed by atoms with van der Waals surface area (Å²) < 4.78 is 29.2. The summed E-state index contributed by atoms with van der Waals surface area (Å²) in [4.78, 5) is 29.8. The lowest BCUT2D eigenvalue weighted by atomic mass is 10.0. The first kappa shape index (κ1) is 34.0. The molecule has 0 radical (unpaired) electrons. The molecule has 4 aromatic carbocycles. The van der Waals surface area contributed by atoms with E-state index in [0.717, 1.165) is 21.0 Å². The van der Waals surface area contributed by atoms with Crippen molar-refractivity contribution in [1.29, 1.82) is 0 Å². The molecular weight excluding hydrogens is 629 g/mol. The van der Waals surface area contributed by atoms with Gasteiger partial charge in [-0.2, -0.15) is 0 Å². The molecule has 0 saturated carbocycles. The average Bonchev–Trinajstić information content (AvgIpc) is 3.01. The van der Waals surface area contributed by atoms with Gasteiger partial charge in [0.05, 0.1) is 10.6 Å². The van der Waals surface area contributed by atoms with Gasteiger partial charge < -0.3 is 10.2 Å². The number of nitrogens with zero attached hydrogens (tertiary/aromatic N) is 2. The van der Waals surface area contributed by atoms with E-state index in [2.05, 4.69) is 5.32 Å². The Labute approximate surface area is 275 Å². The Kier molecular flexibility index (Phi) is 11.7. The average molecular weight is 667 g/mol. The molecule has 45 heavy (non-hydrogen) atoms. The van der Waals surface area contributed by atoms with Crippen molar-refractivity contribution >= 4 is 50.7 Å². The van der Waals surface area contributed by atoms with Crippen molar-refractivity contribution in [1.82, 2.24) is 10.2 Å². The predicted octanol–water partition coefficient (Wildman–Crippen LogP) is 6.91. The second kappa shape index (κ2) is 15.4. The van der Waals surface area contributed by atoms with Crippen LogP contribution in [0.2, 0.25) is 10.0 Å². The lowest BCUT2D eigenvalue weighted by Crippen LogP contribution is -2.53. The first-order valence-electron chi connectivity index (χ1n) is 14.6. The molecule has 2 amide bonds. The van der Waals surface area contributed by atoms with Gasteiger partial charge in [0, 0.05) is 29.6 Å². The highest BCUT2D eigenvalue weighted by atomic mass is 35.5. The third-order valence-electron chi connectivity index (χ3n) is 7.21. The minimum atomic E-state index is -4.21. The van der Waals surface area contributed by atoms with E-state index in [1.165, 1.54) is 23.1 Å². The second-order valence-electron chi connectivity index (χ2n) is 11.3. The quantitative estimate of drug-likeness (QED) is 0.168. The number of hydrogen-bond donors (Lipinski definition) is 1. The number of sulfonamides is 1. The van der Waals surface area contributed by atoms with Gasteiger partial charge in [0.1, 0.15) is 12.6 Å². The standard InChI is InChI=1S/C35H37Cl2N3O4S/c1-25(2)22-38-35(42)33(20-27-8-5-4-6-9-27)39(23-28-14-16-29(36)17-15-28)34(41)24-40(31-11-7-10-30(37)21-31)45(43,44)32-18-12-26(3)13-19-32/h4-19,21,25,33H,20,22-24H2,1-3H3,(H,38,42)/t33-/m1/s1. The Balaban J connectivity index is 1.79. The van der Waals surface area contributed by atoms with E-state index in [1.54, 1.807) is 54.6 Å². The number of halogens is 2. The highest BCUT2D eigenvalue weighted by Crippen LogP contribution is 2.27. The molecule has 0 aliphatic carbocycles. The summed E-state index contributed by atoms with van der Waals surface area (Å²) in [6, 6.07) is 28.3. The minimum Gasteiger partial charge on any atom is -0.354 e. The smallest absolute Gasteiger partial charge is 0.264 e. The van der Waals surface area contributed by atoms with E-state index in [9.17, 15) is 18.0 Å². The number of nitrogens with one attached hydrogen (secondary N) is 1. The van der Waals surface area contributed by atoms with E-state index >= 15 is 0 Å². The van der Waals surface area contributed by atoms with Crippen molar-refractivity contribution in [2.24, 2.45) is 5.92 Å². The Morgan fingerprint density at radius 3 is 2.09 bits per heavy atom. The van der Waals surface area contributed by atoms with Gasteiger partial charge in [0.2, 0.25) is 11.8 Å². The molecule has 4 rings (SSSR count). The van der Waals surface area contributed by atoms with Crippen LogP contribution >= 0.6 is 23.2 Å². The molecule has 0 fully saturated rings. The van der Waals surface area contributed by atoms with Crippen molar-refractivity contribution in [3.63, 3.8) is 0 Å². The van der Waals surface area contributed by atoms with Crippen LogP contribution in [0.1, 0.15) is 30.5 Å². The first-order chi connectivity index (χ1) is 21.4. The Morgan fingerprint density at radius 1 is 0.800 bits per heavy atom. The summed E-state index contributed by atoms with van der Waals surface area (Å²) in [5.74, 6) is -0.698. The molecule has 1 N–H and O–H groups in total. The Morgan fingerprint density at radius 2 is 1.47 bits per heavy atom. The summed E-state index contributed by atoms with van der Waals surface area (Å²) >= 11 is 12.4. The molecule has 236 valence electrons. The van der Waals surface area contributed by atoms with E-state index in [1.807, 2.05) is 51.1 Å². The lowest BCUT2D eigenvalue weighted by Gasteiger charge is -2.34. The summed E-state index contributed by atoms with van der Waals surface area (Å²) in [7, 11) is -4.21. The van der Waals surface area contributed by atoms with Crippen LogP contribution in [0.5, 0.6) is 0 Å². The second-order valence-corrected chi connectivity index (χ2v) is 14.0. The number of aryl methyl sites for hydroxylation is 1. The molecule has 0 spiro atoms. The third kappa shape index (κ3) is 9.33. The van der Waals surface area contributed by atoms with Gasteiger partial charge in [-0.15, -0.1) is 0 Å². The molecule has 0 aromatic heterocycles. The largest absolute Gasteiger partial charge is 0.354 e. The third-order valence-corrected chi connectivity index (χ3v) is 9.48. The van der Waals surface area contributed by atoms with Crippen LogP contribution in [0.25, 0.3) is 0 Å². The van der Waals surface area contributed by atoms with Crippen LogP contribution in [-0.2, 0) is 32.6 Å². The molecule has 0 heterocycles. The van der Waals surface area contributed by atoms with Gasteiger partial charge in [-0.05, 0) is 66.4 Å². The SMILES string of the molecule is Cc1ccc(S(=O)(=O)N(CC(=O)N(Cc2ccc(Cl)cc2)[C@H](Cc2ccccc2)C(=O)NCC(C)C)c2cccc(Cl)c2)cc1. The van der Waals surface area contributed by atoms with Crippen LogP contribution in [0, 0.1) is 12.8 Å². The molecule has 0 bridgehead atoms. The summed E-state index contributed by atoms with van der Waals surface area (Å²) in [6.45, 7) is 5.75. The van der Waals surface area contributed by atoms with Gasteiger partial charge >= 0.3 is 0 Å². The van der Waals surface area contributed by atoms with Crippen LogP contribution in [0.4, 0.5) is 5.69 Å². The highest BCUT2D eigenvalue weighted by Gasteiger charge is 2.34. The molecule has 0 saturated heterocycles. The fourth-order valence-corrected chi connectivity index (χ4v) is 6.48. The summed E-state index contributed by atoms with van der Waals surface area (Å²) in [5.41, 5.74) is 2.71. The fraction of sp³-hybridized carbons (Fsp3) is 0.257. The maximum absolute atomic E-state index is 14.5. The van der Waals surface area contributed by atoms with Crippen LogP contribution in [0.15, 0.2) is 108 Å². The fourth-order valence-electron chi connectivity index (χ4n) is 4.76. The monoisotopic (exact) mass is 665 g/mol. The van der Waals surface area contributed by atoms with Gasteiger partial charge in [0.15, 0.2) is 0 Å². The van der Waals surface area contributed by atoms with Crippen LogP contribution in [0.3, 0.4) is 0 Å². The number of carbonyl (C=O) groups excluding carboxylic acids is 2. The van der Waals surface area contributed by atoms with Crippen molar-refractivity contribution < 1.29 is 18.0 Å². The molecule has 0 aliphatic heterocycles. The minimum absolute atomic E-state index is 0.0284. The Bertz CT molecular complexity index is 1700. The predicted molar refractivity (Wildman–Crippen MR) is 181 cm³/mol. The molecule has 0 unspecified atom stereocenters. The van der Waals surface area contributed by atoms with Crippen molar-refractivity contribution in [3.8, 4) is 0 Å². The van der Waals surface area contributed by atoms with E-state index in [4.69, 9.17) is 23.2 Å². The molecule has 10 heteroatoms. The van der Waals surface area contributed by atoms with E-state index in [0.29, 0.717) is 16.6 Å². The zero-order valence-electron chi connectivity index (χ0n) is 25.5. The van der Waals surface area contributed by atoms with Gasteiger partial charge in [-0.25, -0.2) is 8.42 Å². The number of rotatable bonds is 13. The highest BCUT2D eigenvalue weighted by molar-refractivity contribution is 7.92. The van der Waals surface area contributed by atoms with E-state index in [-0.39, 0.29) is 35.4 Å². The maximum atomic E-state index is 14.5. The molecule has 0 aliphatic rings. The number of amides is 2. The maximum Gasteiger partial charge on any atom is 0.264 e. The summed E-state index contributed by atoms with van der Waals surface area (Å²) in [5, 5.41) is 3.83. The molecular formula is C35H37Cl2N3O4S. The van der Waals surface area contributed by atoms with Crippen molar-refractivity contribution in [2.75, 3.05) is 17.4 Å². The van der Waals surface area contributed by atoms with Gasteiger partial charge in [0.25, 0.3) is 10.0 Å². The van der Waals surface area contributed by atoms with Crippen LogP contribution < -0.4 is 9.62 Å². The van der Waals surface area contributed by atoms with Gasteiger partial charge in [-0.3, -0.25) is 13.9 Å². The van der Waals surface area contributed by atoms with Gasteiger partial charge in [-0.1, -0.05) is 103 Å². The molecule has 4 aromatic rings. The summed E-state index contributed by atoms with van der Waals surface area (Å²) in [6.07, 6.45) is 0.228. The number of carbonyl (C=O) groups is 2. The zero-order valence-corrected chi connectivity index (χ0v) is 27.8. The van der Waals surface area contributed by atoms with Crippen molar-refractivity contribution in [2.45, 2.75) is 44.7 Å². The van der Waals surface area contributed by atoms with Crippen LogP contribution in [-0.4, -0.2) is 44.3 Å².